The molecule has 176 valence electrons. The quantitative estimate of drug-likeness (QED) is 0.509. The molecule has 1 aromatic heterocycles. The molecule has 4 rings (SSSR count). The number of ether oxygens (including phenoxy) is 3. The van der Waals surface area contributed by atoms with E-state index in [4.69, 9.17) is 14.2 Å². The number of hydrogen-bond acceptors (Lipinski definition) is 7. The number of esters is 1. The minimum Gasteiger partial charge on any atom is -0.496 e. The summed E-state index contributed by atoms with van der Waals surface area (Å²) in [5.41, 5.74) is 3.14. The third-order valence-electron chi connectivity index (χ3n) is 5.67. The molecule has 0 saturated carbocycles. The van der Waals surface area contributed by atoms with E-state index in [0.717, 1.165) is 16.9 Å². The van der Waals surface area contributed by atoms with E-state index >= 15 is 0 Å². The number of rotatable bonds is 6. The van der Waals surface area contributed by atoms with Gasteiger partial charge in [-0.1, -0.05) is 35.6 Å². The van der Waals surface area contributed by atoms with Crippen molar-refractivity contribution < 1.29 is 19.0 Å². The van der Waals surface area contributed by atoms with Crippen molar-refractivity contribution in [3.63, 3.8) is 0 Å². The number of hydrogen-bond donors (Lipinski definition) is 0. The molecule has 0 radical (unpaired) electrons. The molecule has 2 aromatic carbocycles. The van der Waals surface area contributed by atoms with Gasteiger partial charge in [0, 0.05) is 5.56 Å². The van der Waals surface area contributed by atoms with Crippen LogP contribution in [0, 0.1) is 6.92 Å². The minimum absolute atomic E-state index is 0.218. The van der Waals surface area contributed by atoms with Gasteiger partial charge in [0.05, 0.1) is 36.6 Å². The molecule has 1 aliphatic rings. The van der Waals surface area contributed by atoms with Gasteiger partial charge in [-0.2, -0.15) is 0 Å². The molecule has 8 heteroatoms. The normalized spacial score (nSPS) is 15.6. The average molecular weight is 479 g/mol. The lowest BCUT2D eigenvalue weighted by Gasteiger charge is -2.25. The first kappa shape index (κ1) is 23.5. The van der Waals surface area contributed by atoms with Crippen LogP contribution in [0.5, 0.6) is 11.5 Å². The maximum atomic E-state index is 13.7. The van der Waals surface area contributed by atoms with Gasteiger partial charge in [0.1, 0.15) is 17.5 Å². The van der Waals surface area contributed by atoms with Gasteiger partial charge in [-0.05, 0) is 56.2 Å². The van der Waals surface area contributed by atoms with Crippen molar-refractivity contribution >= 4 is 23.4 Å². The molecule has 0 aliphatic carbocycles. The van der Waals surface area contributed by atoms with Gasteiger partial charge in [0.15, 0.2) is 4.80 Å². The van der Waals surface area contributed by atoms with Crippen LogP contribution in [0.25, 0.3) is 6.08 Å². The molecule has 0 fully saturated rings. The minimum atomic E-state index is -0.716. The van der Waals surface area contributed by atoms with Crippen molar-refractivity contribution in [2.45, 2.75) is 26.8 Å². The lowest BCUT2D eigenvalue weighted by atomic mass is 9.95. The van der Waals surface area contributed by atoms with Gasteiger partial charge in [0.25, 0.3) is 5.56 Å². The Morgan fingerprint density at radius 3 is 2.53 bits per heavy atom. The number of thiazole rings is 1. The van der Waals surface area contributed by atoms with Crippen LogP contribution in [-0.2, 0) is 9.53 Å². The van der Waals surface area contributed by atoms with Gasteiger partial charge < -0.3 is 14.2 Å². The van der Waals surface area contributed by atoms with E-state index in [1.165, 1.54) is 11.3 Å². The van der Waals surface area contributed by atoms with E-state index in [-0.39, 0.29) is 12.2 Å². The summed E-state index contributed by atoms with van der Waals surface area (Å²) in [6.45, 7) is 5.68. The molecule has 7 nitrogen and oxygen atoms in total. The van der Waals surface area contributed by atoms with E-state index in [1.807, 2.05) is 55.5 Å². The first-order valence-electron chi connectivity index (χ1n) is 10.9. The highest BCUT2D eigenvalue weighted by molar-refractivity contribution is 7.07. The standard InChI is InChI=1S/C26H26N2O5S/c1-6-33-25(30)22-16(3)27-26-28(23(22)18-9-7-8-10-20(18)32-5)24(29)21(34-26)14-17-11-12-19(31-4)15(2)13-17/h7-14,23H,6H2,1-5H3. The lowest BCUT2D eigenvalue weighted by Crippen LogP contribution is -2.40. The first-order valence-corrected chi connectivity index (χ1v) is 11.7. The third kappa shape index (κ3) is 4.17. The largest absolute Gasteiger partial charge is 0.496 e. The van der Waals surface area contributed by atoms with E-state index in [0.29, 0.717) is 31.9 Å². The Hall–Kier alpha value is -3.65. The summed E-state index contributed by atoms with van der Waals surface area (Å²) < 4.78 is 18.3. The summed E-state index contributed by atoms with van der Waals surface area (Å²) in [6.07, 6.45) is 1.83. The molecule has 1 aliphatic heterocycles. The average Bonchev–Trinajstić information content (AvgIpc) is 3.12. The Morgan fingerprint density at radius 1 is 1.12 bits per heavy atom. The fourth-order valence-corrected chi connectivity index (χ4v) is 5.17. The molecular formula is C26H26N2O5S. The molecule has 1 unspecified atom stereocenters. The van der Waals surface area contributed by atoms with Crippen molar-refractivity contribution in [3.05, 3.63) is 90.1 Å². The number of allylic oxidation sites excluding steroid dienone is 1. The smallest absolute Gasteiger partial charge is 0.338 e. The summed E-state index contributed by atoms with van der Waals surface area (Å²) in [6, 6.07) is 12.4. The number of para-hydroxylation sites is 1. The highest BCUT2D eigenvalue weighted by Gasteiger charge is 2.34. The molecule has 0 saturated heterocycles. The number of fused-ring (bicyclic) bond motifs is 1. The molecule has 0 N–H and O–H groups in total. The summed E-state index contributed by atoms with van der Waals surface area (Å²) in [5.74, 6) is 0.855. The monoisotopic (exact) mass is 478 g/mol. The van der Waals surface area contributed by atoms with E-state index in [2.05, 4.69) is 4.99 Å². The molecule has 1 atom stereocenters. The van der Waals surface area contributed by atoms with Crippen molar-refractivity contribution in [3.8, 4) is 11.5 Å². The van der Waals surface area contributed by atoms with Crippen LogP contribution in [0.1, 0.15) is 36.6 Å². The molecule has 3 aromatic rings. The lowest BCUT2D eigenvalue weighted by molar-refractivity contribution is -0.139. The fraction of sp³-hybridized carbons (Fsp3) is 0.269. The maximum Gasteiger partial charge on any atom is 0.338 e. The predicted octanol–water partition coefficient (Wildman–Crippen LogP) is 3.12. The first-order chi connectivity index (χ1) is 16.4. The topological polar surface area (TPSA) is 79.1 Å². The van der Waals surface area contributed by atoms with Crippen molar-refractivity contribution in [2.24, 2.45) is 4.99 Å². The summed E-state index contributed by atoms with van der Waals surface area (Å²) in [7, 11) is 3.19. The number of aryl methyl sites for hydroxylation is 1. The second kappa shape index (κ2) is 9.69. The van der Waals surface area contributed by atoms with Crippen LogP contribution in [-0.4, -0.2) is 31.4 Å². The fourth-order valence-electron chi connectivity index (χ4n) is 4.12. The second-order valence-corrected chi connectivity index (χ2v) is 8.78. The zero-order valence-corrected chi connectivity index (χ0v) is 20.6. The molecule has 0 bridgehead atoms. The Balaban J connectivity index is 1.96. The van der Waals surface area contributed by atoms with Gasteiger partial charge in [-0.25, -0.2) is 9.79 Å². The van der Waals surface area contributed by atoms with Crippen molar-refractivity contribution in [1.82, 2.24) is 4.57 Å². The number of aromatic nitrogens is 1. The molecule has 0 spiro atoms. The maximum absolute atomic E-state index is 13.7. The van der Waals surface area contributed by atoms with Crippen LogP contribution in [0.4, 0.5) is 0 Å². The highest BCUT2D eigenvalue weighted by Crippen LogP contribution is 2.35. The van der Waals surface area contributed by atoms with Gasteiger partial charge >= 0.3 is 5.97 Å². The zero-order valence-electron chi connectivity index (χ0n) is 19.7. The van der Waals surface area contributed by atoms with E-state index in [1.54, 1.807) is 32.6 Å². The summed E-state index contributed by atoms with van der Waals surface area (Å²) >= 11 is 1.29. The molecule has 0 amide bonds. The number of carbonyl (C=O) groups is 1. The summed E-state index contributed by atoms with van der Waals surface area (Å²) in [5, 5.41) is 0. The number of nitrogens with zero attached hydrogens (tertiary/aromatic N) is 2. The number of methoxy groups -OCH3 is 2. The van der Waals surface area contributed by atoms with Crippen molar-refractivity contribution in [1.29, 1.82) is 0 Å². The predicted molar refractivity (Wildman–Crippen MR) is 131 cm³/mol. The molecular weight excluding hydrogens is 452 g/mol. The zero-order chi connectivity index (χ0) is 24.4. The molecule has 2 heterocycles. The highest BCUT2D eigenvalue weighted by atomic mass is 32.1. The Bertz CT molecular complexity index is 1470. The number of benzene rings is 2. The van der Waals surface area contributed by atoms with Gasteiger partial charge in [-0.15, -0.1) is 0 Å². The number of carbonyl (C=O) groups excluding carboxylic acids is 1. The van der Waals surface area contributed by atoms with Crippen LogP contribution in [0.2, 0.25) is 0 Å². The van der Waals surface area contributed by atoms with Crippen LogP contribution in [0.3, 0.4) is 0 Å². The Labute approximate surface area is 201 Å². The van der Waals surface area contributed by atoms with E-state index in [9.17, 15) is 9.59 Å². The Morgan fingerprint density at radius 2 is 1.85 bits per heavy atom. The van der Waals surface area contributed by atoms with E-state index < -0.39 is 12.0 Å². The molecule has 34 heavy (non-hydrogen) atoms. The SMILES string of the molecule is CCOC(=O)C1=C(C)N=c2sc(=Cc3ccc(OC)c(C)c3)c(=O)n2C1c1ccccc1OC. The van der Waals surface area contributed by atoms with Crippen LogP contribution in [0.15, 0.2) is 63.5 Å². The Kier molecular flexibility index (Phi) is 6.70. The third-order valence-corrected chi connectivity index (χ3v) is 6.65. The van der Waals surface area contributed by atoms with Gasteiger partial charge in [-0.3, -0.25) is 9.36 Å². The van der Waals surface area contributed by atoms with Crippen LogP contribution < -0.4 is 24.4 Å². The summed E-state index contributed by atoms with van der Waals surface area (Å²) in [4.78, 5) is 31.8. The van der Waals surface area contributed by atoms with Gasteiger partial charge in [0.2, 0.25) is 0 Å². The van der Waals surface area contributed by atoms with Crippen molar-refractivity contribution in [2.75, 3.05) is 20.8 Å². The second-order valence-electron chi connectivity index (χ2n) is 7.77. The van der Waals surface area contributed by atoms with Crippen LogP contribution >= 0.6 is 11.3 Å².